The van der Waals surface area contributed by atoms with Crippen molar-refractivity contribution in [2.24, 2.45) is 0 Å². The molecule has 0 spiro atoms. The largest absolute Gasteiger partial charge is 0.468 e. The molecule has 3 nitrogen and oxygen atoms in total. The topological polar surface area (TPSA) is 29.5 Å². The van der Waals surface area contributed by atoms with E-state index in [1.807, 2.05) is 0 Å². The monoisotopic (exact) mass is 247 g/mol. The quantitative estimate of drug-likeness (QED) is 0.765. The van der Waals surface area contributed by atoms with Gasteiger partial charge in [0.15, 0.2) is 0 Å². The molecule has 0 N–H and O–H groups in total. The lowest BCUT2D eigenvalue weighted by molar-refractivity contribution is -0.146. The van der Waals surface area contributed by atoms with Gasteiger partial charge in [0.1, 0.15) is 6.04 Å². The lowest BCUT2D eigenvalue weighted by Crippen LogP contribution is -2.36. The lowest BCUT2D eigenvalue weighted by Gasteiger charge is -2.22. The molecular weight excluding hydrogens is 226 g/mol. The molecule has 0 bridgehead atoms. The number of hydrogen-bond donors (Lipinski definition) is 0. The van der Waals surface area contributed by atoms with E-state index in [-0.39, 0.29) is 12.0 Å². The summed E-state index contributed by atoms with van der Waals surface area (Å²) in [5.41, 5.74) is 2.62. The van der Waals surface area contributed by atoms with E-state index in [4.69, 9.17) is 4.74 Å². The van der Waals surface area contributed by atoms with E-state index >= 15 is 0 Å². The first kappa shape index (κ1) is 13.1. The molecule has 1 aliphatic heterocycles. The summed E-state index contributed by atoms with van der Waals surface area (Å²) in [6, 6.07) is 8.59. The van der Waals surface area contributed by atoms with Crippen LogP contribution in [-0.2, 0) is 22.5 Å². The fourth-order valence-corrected chi connectivity index (χ4v) is 2.53. The van der Waals surface area contributed by atoms with Gasteiger partial charge in [-0.15, -0.1) is 0 Å². The molecule has 0 aromatic heterocycles. The van der Waals surface area contributed by atoms with Crippen LogP contribution in [0, 0.1) is 0 Å². The molecule has 1 aromatic rings. The molecule has 1 fully saturated rings. The number of likely N-dealkylation sites (tertiary alicyclic amines) is 1. The summed E-state index contributed by atoms with van der Waals surface area (Å²) in [5.74, 6) is -0.0994. The van der Waals surface area contributed by atoms with Crippen molar-refractivity contribution >= 4 is 5.97 Å². The summed E-state index contributed by atoms with van der Waals surface area (Å²) in [6.45, 7) is 3.97. The minimum atomic E-state index is -0.0994. The highest BCUT2D eigenvalue weighted by atomic mass is 16.5. The molecular formula is C15H21NO2. The molecule has 98 valence electrons. The van der Waals surface area contributed by atoms with E-state index in [9.17, 15) is 4.79 Å². The van der Waals surface area contributed by atoms with Gasteiger partial charge in [0.25, 0.3) is 0 Å². The predicted octanol–water partition coefficient (Wildman–Crippen LogP) is 2.39. The smallest absolute Gasteiger partial charge is 0.323 e. The highest BCUT2D eigenvalue weighted by molar-refractivity contribution is 5.75. The number of nitrogens with zero attached hydrogens (tertiary/aromatic N) is 1. The first-order chi connectivity index (χ1) is 8.74. The van der Waals surface area contributed by atoms with Crippen LogP contribution < -0.4 is 0 Å². The summed E-state index contributed by atoms with van der Waals surface area (Å²) >= 11 is 0. The molecule has 1 atom stereocenters. The van der Waals surface area contributed by atoms with Crippen LogP contribution in [0.4, 0.5) is 0 Å². The lowest BCUT2D eigenvalue weighted by atomic mass is 10.1. The van der Waals surface area contributed by atoms with Gasteiger partial charge in [0.2, 0.25) is 0 Å². The van der Waals surface area contributed by atoms with E-state index in [0.717, 1.165) is 32.4 Å². The SMILES string of the molecule is CCc1ccc(CN2CCCC2C(=O)OC)cc1. The molecule has 1 aliphatic rings. The molecule has 3 heteroatoms. The average molecular weight is 247 g/mol. The zero-order chi connectivity index (χ0) is 13.0. The van der Waals surface area contributed by atoms with Crippen LogP contribution in [0.25, 0.3) is 0 Å². The first-order valence-corrected chi connectivity index (χ1v) is 6.64. The number of rotatable bonds is 4. The maximum absolute atomic E-state index is 11.7. The summed E-state index contributed by atoms with van der Waals surface area (Å²) in [7, 11) is 1.47. The molecule has 1 saturated heterocycles. The van der Waals surface area contributed by atoms with Crippen molar-refractivity contribution in [2.45, 2.75) is 38.8 Å². The third-order valence-electron chi connectivity index (χ3n) is 3.65. The van der Waals surface area contributed by atoms with Crippen LogP contribution in [0.1, 0.15) is 30.9 Å². The molecule has 1 heterocycles. The predicted molar refractivity (Wildman–Crippen MR) is 71.3 cm³/mol. The van der Waals surface area contributed by atoms with Gasteiger partial charge in [-0.1, -0.05) is 31.2 Å². The maximum Gasteiger partial charge on any atom is 0.323 e. The number of carbonyl (C=O) groups excluding carboxylic acids is 1. The fraction of sp³-hybridized carbons (Fsp3) is 0.533. The number of esters is 1. The number of methoxy groups -OCH3 is 1. The van der Waals surface area contributed by atoms with Crippen LogP contribution in [0.2, 0.25) is 0 Å². The zero-order valence-electron chi connectivity index (χ0n) is 11.2. The Morgan fingerprint density at radius 2 is 2.00 bits per heavy atom. The third-order valence-corrected chi connectivity index (χ3v) is 3.65. The Balaban J connectivity index is 2.01. The van der Waals surface area contributed by atoms with E-state index in [2.05, 4.69) is 36.1 Å². The van der Waals surface area contributed by atoms with Crippen molar-refractivity contribution in [3.8, 4) is 0 Å². The molecule has 0 amide bonds. The molecule has 1 unspecified atom stereocenters. The maximum atomic E-state index is 11.7. The van der Waals surface area contributed by atoms with Crippen molar-refractivity contribution < 1.29 is 9.53 Å². The first-order valence-electron chi connectivity index (χ1n) is 6.64. The molecule has 18 heavy (non-hydrogen) atoms. The van der Waals surface area contributed by atoms with Crippen LogP contribution in [0.3, 0.4) is 0 Å². The Hall–Kier alpha value is -1.35. The molecule has 1 aromatic carbocycles. The summed E-state index contributed by atoms with van der Waals surface area (Å²) in [5, 5.41) is 0. The minimum absolute atomic E-state index is 0.0548. The van der Waals surface area contributed by atoms with Gasteiger partial charge >= 0.3 is 5.97 Å². The van der Waals surface area contributed by atoms with Gasteiger partial charge in [0.05, 0.1) is 7.11 Å². The van der Waals surface area contributed by atoms with Crippen LogP contribution in [0.5, 0.6) is 0 Å². The number of aryl methyl sites for hydroxylation is 1. The van der Waals surface area contributed by atoms with Crippen LogP contribution >= 0.6 is 0 Å². The van der Waals surface area contributed by atoms with Gasteiger partial charge < -0.3 is 4.74 Å². The fourth-order valence-electron chi connectivity index (χ4n) is 2.53. The average Bonchev–Trinajstić information content (AvgIpc) is 2.87. The number of benzene rings is 1. The summed E-state index contributed by atoms with van der Waals surface area (Å²) in [4.78, 5) is 13.9. The third kappa shape index (κ3) is 2.91. The van der Waals surface area contributed by atoms with Crippen LogP contribution in [0.15, 0.2) is 24.3 Å². The van der Waals surface area contributed by atoms with E-state index in [1.165, 1.54) is 18.2 Å². The van der Waals surface area contributed by atoms with E-state index in [0.29, 0.717) is 0 Å². The highest BCUT2D eigenvalue weighted by Crippen LogP contribution is 2.21. The van der Waals surface area contributed by atoms with Crippen molar-refractivity contribution in [3.05, 3.63) is 35.4 Å². The Kier molecular flexibility index (Phi) is 4.37. The normalized spacial score (nSPS) is 20.0. The Labute approximate surface area is 109 Å². The molecule has 0 saturated carbocycles. The highest BCUT2D eigenvalue weighted by Gasteiger charge is 2.31. The molecule has 2 rings (SSSR count). The van der Waals surface area contributed by atoms with Crippen molar-refractivity contribution in [3.63, 3.8) is 0 Å². The standard InChI is InChI=1S/C15H21NO2/c1-3-12-6-8-13(9-7-12)11-16-10-4-5-14(16)15(17)18-2/h6-9,14H,3-5,10-11H2,1-2H3. The van der Waals surface area contributed by atoms with Gasteiger partial charge in [0, 0.05) is 6.54 Å². The Morgan fingerprint density at radius 1 is 1.33 bits per heavy atom. The molecule has 0 radical (unpaired) electrons. The van der Waals surface area contributed by atoms with Gasteiger partial charge in [-0.05, 0) is 36.9 Å². The number of hydrogen-bond acceptors (Lipinski definition) is 3. The Morgan fingerprint density at radius 3 is 2.61 bits per heavy atom. The second kappa shape index (κ2) is 6.01. The van der Waals surface area contributed by atoms with Crippen molar-refractivity contribution in [1.82, 2.24) is 4.90 Å². The second-order valence-corrected chi connectivity index (χ2v) is 4.82. The van der Waals surface area contributed by atoms with Crippen molar-refractivity contribution in [2.75, 3.05) is 13.7 Å². The van der Waals surface area contributed by atoms with Gasteiger partial charge in [-0.25, -0.2) is 0 Å². The van der Waals surface area contributed by atoms with Crippen molar-refractivity contribution in [1.29, 1.82) is 0 Å². The molecule has 0 aliphatic carbocycles. The van der Waals surface area contributed by atoms with Gasteiger partial charge in [-0.3, -0.25) is 9.69 Å². The van der Waals surface area contributed by atoms with Crippen LogP contribution in [-0.4, -0.2) is 30.6 Å². The van der Waals surface area contributed by atoms with E-state index in [1.54, 1.807) is 0 Å². The number of ether oxygens (including phenoxy) is 1. The Bertz CT molecular complexity index is 399. The summed E-state index contributed by atoms with van der Waals surface area (Å²) < 4.78 is 4.86. The minimum Gasteiger partial charge on any atom is -0.468 e. The van der Waals surface area contributed by atoms with E-state index < -0.39 is 0 Å². The number of carbonyl (C=O) groups is 1. The summed E-state index contributed by atoms with van der Waals surface area (Å²) in [6.07, 6.45) is 3.06. The zero-order valence-corrected chi connectivity index (χ0v) is 11.2. The second-order valence-electron chi connectivity index (χ2n) is 4.82. The van der Waals surface area contributed by atoms with Gasteiger partial charge in [-0.2, -0.15) is 0 Å².